The minimum atomic E-state index is -1.34. The Labute approximate surface area is 98.8 Å². The van der Waals surface area contributed by atoms with Gasteiger partial charge in [0.15, 0.2) is 6.10 Å². The number of aliphatic hydroxyl groups excluding tert-OH is 1. The first kappa shape index (κ1) is 11.4. The van der Waals surface area contributed by atoms with E-state index in [0.717, 1.165) is 11.3 Å². The van der Waals surface area contributed by atoms with Crippen LogP contribution in [0.3, 0.4) is 0 Å². The number of nitrogens with zero attached hydrogens (tertiary/aromatic N) is 1. The molecule has 0 spiro atoms. The molecule has 0 fully saturated rings. The zero-order valence-corrected chi connectivity index (χ0v) is 9.15. The summed E-state index contributed by atoms with van der Waals surface area (Å²) in [5, 5.41) is 17.8. The molecule has 1 aromatic carbocycles. The highest BCUT2D eigenvalue weighted by atomic mass is 16.4. The number of benzene rings is 1. The lowest BCUT2D eigenvalue weighted by atomic mass is 10.1. The smallest absolute Gasteiger partial charge is 0.332 e. The molecule has 0 bridgehead atoms. The molecule has 2 aromatic rings. The number of hydrogen-bond acceptors (Lipinski definition) is 2. The van der Waals surface area contributed by atoms with E-state index in [9.17, 15) is 9.90 Å². The van der Waals surface area contributed by atoms with Crippen LogP contribution in [0.15, 0.2) is 48.8 Å². The van der Waals surface area contributed by atoms with Crippen molar-refractivity contribution in [3.05, 3.63) is 54.4 Å². The van der Waals surface area contributed by atoms with Crippen molar-refractivity contribution < 1.29 is 15.0 Å². The van der Waals surface area contributed by atoms with E-state index in [4.69, 9.17) is 5.11 Å². The summed E-state index contributed by atoms with van der Waals surface area (Å²) in [5.74, 6) is -1.19. The number of carbonyl (C=O) groups is 1. The van der Waals surface area contributed by atoms with Crippen molar-refractivity contribution in [2.45, 2.75) is 12.5 Å². The van der Waals surface area contributed by atoms with Gasteiger partial charge in [-0.15, -0.1) is 0 Å². The van der Waals surface area contributed by atoms with Crippen LogP contribution in [-0.4, -0.2) is 26.9 Å². The molecular formula is C13H13NO3. The van der Waals surface area contributed by atoms with Gasteiger partial charge in [0.1, 0.15) is 0 Å². The molecule has 1 aromatic heterocycles. The summed E-state index contributed by atoms with van der Waals surface area (Å²) in [7, 11) is 0. The van der Waals surface area contributed by atoms with Crippen LogP contribution in [0, 0.1) is 0 Å². The molecule has 1 atom stereocenters. The molecule has 2 N–H and O–H groups in total. The lowest BCUT2D eigenvalue weighted by molar-refractivity contribution is -0.146. The maximum atomic E-state index is 10.5. The Bertz CT molecular complexity index is 488. The van der Waals surface area contributed by atoms with Gasteiger partial charge in [-0.05, 0) is 29.8 Å². The van der Waals surface area contributed by atoms with Crippen molar-refractivity contribution in [3.63, 3.8) is 0 Å². The lowest BCUT2D eigenvalue weighted by Crippen LogP contribution is -2.21. The van der Waals surface area contributed by atoms with Crippen molar-refractivity contribution in [3.8, 4) is 5.69 Å². The summed E-state index contributed by atoms with van der Waals surface area (Å²) in [6.45, 7) is 0. The maximum Gasteiger partial charge on any atom is 0.332 e. The van der Waals surface area contributed by atoms with Crippen LogP contribution in [0.5, 0.6) is 0 Å². The van der Waals surface area contributed by atoms with Crippen molar-refractivity contribution in [1.82, 2.24) is 4.57 Å². The number of hydrogen-bond donors (Lipinski definition) is 2. The fourth-order valence-corrected chi connectivity index (χ4v) is 1.62. The number of rotatable bonds is 4. The summed E-state index contributed by atoms with van der Waals surface area (Å²) in [5.41, 5.74) is 1.80. The zero-order chi connectivity index (χ0) is 12.3. The second-order valence-electron chi connectivity index (χ2n) is 3.81. The van der Waals surface area contributed by atoms with Gasteiger partial charge >= 0.3 is 5.97 Å². The third kappa shape index (κ3) is 2.73. The van der Waals surface area contributed by atoms with E-state index in [1.165, 1.54) is 0 Å². The van der Waals surface area contributed by atoms with Crippen LogP contribution in [0.1, 0.15) is 5.56 Å². The van der Waals surface area contributed by atoms with Crippen molar-refractivity contribution in [1.29, 1.82) is 0 Å². The zero-order valence-electron chi connectivity index (χ0n) is 9.15. The first-order valence-corrected chi connectivity index (χ1v) is 5.30. The largest absolute Gasteiger partial charge is 0.479 e. The van der Waals surface area contributed by atoms with Gasteiger partial charge in [-0.25, -0.2) is 4.79 Å². The van der Waals surface area contributed by atoms with E-state index in [0.29, 0.717) is 0 Å². The maximum absolute atomic E-state index is 10.5. The van der Waals surface area contributed by atoms with Crippen molar-refractivity contribution in [2.24, 2.45) is 0 Å². The van der Waals surface area contributed by atoms with Gasteiger partial charge in [0.05, 0.1) is 0 Å². The van der Waals surface area contributed by atoms with E-state index in [2.05, 4.69) is 0 Å². The van der Waals surface area contributed by atoms with E-state index >= 15 is 0 Å². The fourth-order valence-electron chi connectivity index (χ4n) is 1.62. The minimum Gasteiger partial charge on any atom is -0.479 e. The summed E-state index contributed by atoms with van der Waals surface area (Å²) in [6, 6.07) is 11.3. The molecule has 2 rings (SSSR count). The Morgan fingerprint density at radius 1 is 1.18 bits per heavy atom. The first-order valence-electron chi connectivity index (χ1n) is 5.30. The van der Waals surface area contributed by atoms with Gasteiger partial charge in [-0.1, -0.05) is 12.1 Å². The van der Waals surface area contributed by atoms with Crippen LogP contribution < -0.4 is 0 Å². The van der Waals surface area contributed by atoms with Crippen molar-refractivity contribution >= 4 is 5.97 Å². The third-order valence-corrected chi connectivity index (χ3v) is 2.55. The highest BCUT2D eigenvalue weighted by molar-refractivity contribution is 5.72. The Hall–Kier alpha value is -2.07. The van der Waals surface area contributed by atoms with Gasteiger partial charge in [-0.2, -0.15) is 0 Å². The molecule has 0 amide bonds. The molecule has 1 heterocycles. The summed E-state index contributed by atoms with van der Waals surface area (Å²) in [6.07, 6.45) is 2.65. The fraction of sp³-hybridized carbons (Fsp3) is 0.154. The van der Waals surface area contributed by atoms with Gasteiger partial charge in [0.2, 0.25) is 0 Å². The van der Waals surface area contributed by atoms with Crippen molar-refractivity contribution in [2.75, 3.05) is 0 Å². The van der Waals surface area contributed by atoms with E-state index < -0.39 is 12.1 Å². The number of carboxylic acids is 1. The Morgan fingerprint density at radius 3 is 2.29 bits per heavy atom. The van der Waals surface area contributed by atoms with Gasteiger partial charge < -0.3 is 14.8 Å². The standard InChI is InChI=1S/C13H13NO3/c15-12(13(16)17)9-10-3-5-11(6-4-10)14-7-1-2-8-14/h1-8,12,15H,9H2,(H,16,17). The Kier molecular flexibility index (Phi) is 3.25. The number of aliphatic carboxylic acids is 1. The highest BCUT2D eigenvalue weighted by Gasteiger charge is 2.13. The molecule has 0 radical (unpaired) electrons. The van der Waals surface area contributed by atoms with E-state index in [-0.39, 0.29) is 6.42 Å². The topological polar surface area (TPSA) is 62.5 Å². The molecule has 88 valence electrons. The van der Waals surface area contributed by atoms with Crippen LogP contribution in [-0.2, 0) is 11.2 Å². The average molecular weight is 231 g/mol. The van der Waals surface area contributed by atoms with Crippen LogP contribution >= 0.6 is 0 Å². The predicted octanol–water partition coefficient (Wildman–Crippen LogP) is 1.47. The van der Waals surface area contributed by atoms with Crippen LogP contribution in [0.25, 0.3) is 5.69 Å². The van der Waals surface area contributed by atoms with Gasteiger partial charge in [-0.3, -0.25) is 0 Å². The number of aromatic nitrogens is 1. The summed E-state index contributed by atoms with van der Waals surface area (Å²) < 4.78 is 1.96. The van der Waals surface area contributed by atoms with Gasteiger partial charge in [0, 0.05) is 24.5 Å². The van der Waals surface area contributed by atoms with Crippen LogP contribution in [0.4, 0.5) is 0 Å². The second kappa shape index (κ2) is 4.84. The Morgan fingerprint density at radius 2 is 1.76 bits per heavy atom. The SMILES string of the molecule is O=C(O)C(O)Cc1ccc(-n2cccc2)cc1. The molecule has 0 saturated heterocycles. The average Bonchev–Trinajstić information content (AvgIpc) is 2.83. The molecule has 0 aliphatic rings. The van der Waals surface area contributed by atoms with E-state index in [1.807, 2.05) is 53.4 Å². The minimum absolute atomic E-state index is 0.126. The molecule has 0 aliphatic heterocycles. The normalized spacial score (nSPS) is 12.3. The molecule has 17 heavy (non-hydrogen) atoms. The number of carboxylic acid groups (broad SMARTS) is 1. The molecule has 4 nitrogen and oxygen atoms in total. The van der Waals surface area contributed by atoms with E-state index in [1.54, 1.807) is 0 Å². The molecule has 1 unspecified atom stereocenters. The second-order valence-corrected chi connectivity index (χ2v) is 3.81. The third-order valence-electron chi connectivity index (χ3n) is 2.55. The molecule has 0 aliphatic carbocycles. The lowest BCUT2D eigenvalue weighted by Gasteiger charge is -2.07. The molecule has 0 saturated carbocycles. The summed E-state index contributed by atoms with van der Waals surface area (Å²) >= 11 is 0. The number of aliphatic hydroxyl groups is 1. The predicted molar refractivity (Wildman–Crippen MR) is 63.1 cm³/mol. The highest BCUT2D eigenvalue weighted by Crippen LogP contribution is 2.11. The molecular weight excluding hydrogens is 218 g/mol. The first-order chi connectivity index (χ1) is 8.16. The van der Waals surface area contributed by atoms with Gasteiger partial charge in [0.25, 0.3) is 0 Å². The monoisotopic (exact) mass is 231 g/mol. The summed E-state index contributed by atoms with van der Waals surface area (Å²) in [4.78, 5) is 10.5. The molecule has 4 heteroatoms. The quantitative estimate of drug-likeness (QED) is 0.837. The Balaban J connectivity index is 2.11. The van der Waals surface area contributed by atoms with Crippen LogP contribution in [0.2, 0.25) is 0 Å².